The minimum absolute atomic E-state index is 0.0474. The molecule has 0 aromatic heterocycles. The van der Waals surface area contributed by atoms with Crippen LogP contribution in [0, 0.1) is 0 Å². The third-order valence-electron chi connectivity index (χ3n) is 5.28. The molecule has 29 heavy (non-hydrogen) atoms. The van der Waals surface area contributed by atoms with Gasteiger partial charge in [-0.25, -0.2) is 8.42 Å². The molecule has 2 atom stereocenters. The highest BCUT2D eigenvalue weighted by molar-refractivity contribution is 7.90. The number of benzene rings is 1. The molecule has 2 unspecified atom stereocenters. The van der Waals surface area contributed by atoms with E-state index in [1.807, 2.05) is 6.07 Å². The Labute approximate surface area is 173 Å². The molecule has 3 rings (SSSR count). The molecule has 0 amide bonds. The first-order valence-electron chi connectivity index (χ1n) is 10.1. The van der Waals surface area contributed by atoms with Crippen LogP contribution in [0.15, 0.2) is 35.3 Å². The summed E-state index contributed by atoms with van der Waals surface area (Å²) in [5.74, 6) is 0.876. The lowest BCUT2D eigenvalue weighted by atomic mass is 10.1. The van der Waals surface area contributed by atoms with Crippen LogP contribution in [0.2, 0.25) is 0 Å². The van der Waals surface area contributed by atoms with Gasteiger partial charge in [-0.05, 0) is 5.56 Å². The quantitative estimate of drug-likeness (QED) is 0.363. The van der Waals surface area contributed by atoms with Crippen LogP contribution in [0.3, 0.4) is 0 Å². The Morgan fingerprint density at radius 3 is 2.79 bits per heavy atom. The van der Waals surface area contributed by atoms with Gasteiger partial charge >= 0.3 is 0 Å². The monoisotopic (exact) mass is 424 g/mol. The molecule has 0 saturated carbocycles. The summed E-state index contributed by atoms with van der Waals surface area (Å²) >= 11 is 0. The molecule has 2 aliphatic heterocycles. The Morgan fingerprint density at radius 2 is 2.07 bits per heavy atom. The zero-order chi connectivity index (χ0) is 20.7. The molecule has 0 bridgehead atoms. The molecule has 0 spiro atoms. The number of fused-ring (bicyclic) bond motifs is 1. The predicted octanol–water partition coefficient (Wildman–Crippen LogP) is 0.208. The number of likely N-dealkylation sites (tertiary alicyclic amines) is 1. The summed E-state index contributed by atoms with van der Waals surface area (Å²) in [6.07, 6.45) is 1.39. The van der Waals surface area contributed by atoms with Crippen LogP contribution in [0.4, 0.5) is 0 Å². The van der Waals surface area contributed by atoms with Crippen molar-refractivity contribution in [2.45, 2.75) is 18.7 Å². The van der Waals surface area contributed by atoms with Gasteiger partial charge < -0.3 is 19.7 Å². The van der Waals surface area contributed by atoms with Crippen LogP contribution in [0.5, 0.6) is 0 Å². The fourth-order valence-corrected chi connectivity index (χ4v) is 4.25. The number of guanidine groups is 1. The highest BCUT2D eigenvalue weighted by atomic mass is 32.2. The first kappa shape index (κ1) is 22.0. The van der Waals surface area contributed by atoms with Gasteiger partial charge in [0, 0.05) is 46.0 Å². The first-order valence-corrected chi connectivity index (χ1v) is 12.1. The normalized spacial score (nSPS) is 23.2. The minimum atomic E-state index is -2.98. The molecule has 1 N–H and O–H groups in total. The van der Waals surface area contributed by atoms with Crippen molar-refractivity contribution in [1.29, 1.82) is 0 Å². The van der Waals surface area contributed by atoms with Crippen molar-refractivity contribution in [1.82, 2.24) is 15.1 Å². The number of sulfone groups is 1. The fraction of sp³-hybridized carbons (Fsp3) is 0.650. The van der Waals surface area contributed by atoms with Crippen molar-refractivity contribution in [2.75, 3.05) is 65.1 Å². The maximum Gasteiger partial charge on any atom is 0.193 e. The second-order valence-corrected chi connectivity index (χ2v) is 9.81. The first-order chi connectivity index (χ1) is 14.0. The van der Waals surface area contributed by atoms with Crippen LogP contribution < -0.4 is 5.32 Å². The Kier molecular flexibility index (Phi) is 7.88. The van der Waals surface area contributed by atoms with Gasteiger partial charge in [0.2, 0.25) is 0 Å². The second kappa shape index (κ2) is 10.4. The summed E-state index contributed by atoms with van der Waals surface area (Å²) in [5, 5.41) is 3.31. The highest BCUT2D eigenvalue weighted by Gasteiger charge is 2.41. The summed E-state index contributed by atoms with van der Waals surface area (Å²) < 4.78 is 33.7. The number of aliphatic imine (C=N–C) groups is 1. The van der Waals surface area contributed by atoms with Gasteiger partial charge in [0.05, 0.1) is 37.7 Å². The molecule has 0 radical (unpaired) electrons. The van der Waals surface area contributed by atoms with E-state index in [1.54, 1.807) is 7.05 Å². The number of morpholine rings is 1. The van der Waals surface area contributed by atoms with Gasteiger partial charge in [-0.2, -0.15) is 0 Å². The lowest BCUT2D eigenvalue weighted by molar-refractivity contribution is -0.0502. The SMILES string of the molecule is CN=C(NCCOCCS(C)(=O)=O)N1CC2OCCN(Cc3ccccc3)C2C1. The Balaban J connectivity index is 1.47. The summed E-state index contributed by atoms with van der Waals surface area (Å²) in [6.45, 7) is 5.53. The summed E-state index contributed by atoms with van der Waals surface area (Å²) in [4.78, 5) is 9.14. The van der Waals surface area contributed by atoms with E-state index in [0.29, 0.717) is 19.2 Å². The van der Waals surface area contributed by atoms with E-state index in [0.717, 1.165) is 38.7 Å². The van der Waals surface area contributed by atoms with Gasteiger partial charge in [0.25, 0.3) is 0 Å². The van der Waals surface area contributed by atoms with Crippen molar-refractivity contribution >= 4 is 15.8 Å². The number of hydrogen-bond acceptors (Lipinski definition) is 6. The highest BCUT2D eigenvalue weighted by Crippen LogP contribution is 2.24. The van der Waals surface area contributed by atoms with Gasteiger partial charge in [-0.15, -0.1) is 0 Å². The molecular formula is C20H32N4O4S. The summed E-state index contributed by atoms with van der Waals surface area (Å²) in [7, 11) is -1.21. The maximum absolute atomic E-state index is 11.1. The van der Waals surface area contributed by atoms with Crippen LogP contribution in [0.25, 0.3) is 0 Å². The molecule has 2 fully saturated rings. The van der Waals surface area contributed by atoms with Crippen LogP contribution in [-0.4, -0.2) is 101 Å². The van der Waals surface area contributed by atoms with E-state index < -0.39 is 9.84 Å². The zero-order valence-corrected chi connectivity index (χ0v) is 18.1. The largest absolute Gasteiger partial charge is 0.379 e. The predicted molar refractivity (Wildman–Crippen MR) is 114 cm³/mol. The molecule has 1 aromatic carbocycles. The fourth-order valence-electron chi connectivity index (χ4n) is 3.83. The smallest absolute Gasteiger partial charge is 0.193 e. The van der Waals surface area contributed by atoms with Gasteiger partial charge in [-0.3, -0.25) is 9.89 Å². The molecule has 0 aliphatic carbocycles. The lowest BCUT2D eigenvalue weighted by Gasteiger charge is -2.36. The Hall–Kier alpha value is -1.68. The third kappa shape index (κ3) is 6.67. The summed E-state index contributed by atoms with van der Waals surface area (Å²) in [6, 6.07) is 10.9. The molecule has 162 valence electrons. The second-order valence-electron chi connectivity index (χ2n) is 7.55. The molecule has 8 nitrogen and oxygen atoms in total. The molecule has 2 heterocycles. The molecule has 2 saturated heterocycles. The van der Waals surface area contributed by atoms with E-state index >= 15 is 0 Å². The number of rotatable bonds is 8. The van der Waals surface area contributed by atoms with Gasteiger partial charge in [0.15, 0.2) is 5.96 Å². The van der Waals surface area contributed by atoms with Gasteiger partial charge in [0.1, 0.15) is 9.84 Å². The van der Waals surface area contributed by atoms with E-state index in [1.165, 1.54) is 11.8 Å². The third-order valence-corrected chi connectivity index (χ3v) is 6.19. The van der Waals surface area contributed by atoms with Crippen molar-refractivity contribution < 1.29 is 17.9 Å². The molecular weight excluding hydrogens is 392 g/mol. The Bertz CT molecular complexity index is 772. The van der Waals surface area contributed by atoms with Crippen molar-refractivity contribution in [3.63, 3.8) is 0 Å². The van der Waals surface area contributed by atoms with E-state index in [-0.39, 0.29) is 18.5 Å². The standard InChI is InChI=1S/C20H32N4O4S/c1-21-20(22-8-10-27-12-13-29(2,25)26)24-15-18-19(16-24)28-11-9-23(18)14-17-6-4-3-5-7-17/h3-7,18-19H,8-16H2,1-2H3,(H,21,22). The van der Waals surface area contributed by atoms with E-state index in [4.69, 9.17) is 9.47 Å². The Morgan fingerprint density at radius 1 is 1.28 bits per heavy atom. The number of nitrogens with zero attached hydrogens (tertiary/aromatic N) is 3. The zero-order valence-electron chi connectivity index (χ0n) is 17.3. The van der Waals surface area contributed by atoms with Crippen molar-refractivity contribution in [2.24, 2.45) is 4.99 Å². The van der Waals surface area contributed by atoms with E-state index in [9.17, 15) is 8.42 Å². The van der Waals surface area contributed by atoms with Crippen LogP contribution >= 0.6 is 0 Å². The summed E-state index contributed by atoms with van der Waals surface area (Å²) in [5.41, 5.74) is 1.32. The van der Waals surface area contributed by atoms with Crippen LogP contribution in [0.1, 0.15) is 5.56 Å². The number of nitrogens with one attached hydrogen (secondary N) is 1. The topological polar surface area (TPSA) is 83.5 Å². The molecule has 2 aliphatic rings. The number of ether oxygens (including phenoxy) is 2. The van der Waals surface area contributed by atoms with Crippen molar-refractivity contribution in [3.8, 4) is 0 Å². The van der Waals surface area contributed by atoms with Gasteiger partial charge in [-0.1, -0.05) is 30.3 Å². The van der Waals surface area contributed by atoms with Crippen molar-refractivity contribution in [3.05, 3.63) is 35.9 Å². The maximum atomic E-state index is 11.1. The average Bonchev–Trinajstić information content (AvgIpc) is 3.12. The lowest BCUT2D eigenvalue weighted by Crippen LogP contribution is -2.50. The minimum Gasteiger partial charge on any atom is -0.379 e. The number of hydrogen-bond donors (Lipinski definition) is 1. The van der Waals surface area contributed by atoms with E-state index in [2.05, 4.69) is 44.4 Å². The average molecular weight is 425 g/mol. The van der Waals surface area contributed by atoms with Crippen LogP contribution in [-0.2, 0) is 25.9 Å². The molecule has 1 aromatic rings. The molecule has 9 heteroatoms.